The van der Waals surface area contributed by atoms with Crippen molar-refractivity contribution < 1.29 is 18.0 Å². The Labute approximate surface area is 157 Å². The predicted octanol–water partition coefficient (Wildman–Crippen LogP) is 4.99. The molecule has 0 radical (unpaired) electrons. The Bertz CT molecular complexity index is 766. The highest BCUT2D eigenvalue weighted by Crippen LogP contribution is 2.28. The molecule has 2 rings (SSSR count). The number of aromatic nitrogens is 2. The van der Waals surface area contributed by atoms with Crippen molar-refractivity contribution in [1.82, 2.24) is 15.1 Å². The Morgan fingerprint density at radius 3 is 2.22 bits per heavy atom. The van der Waals surface area contributed by atoms with E-state index in [0.717, 1.165) is 22.7 Å². The van der Waals surface area contributed by atoms with Gasteiger partial charge in [0.2, 0.25) is 5.91 Å². The molecule has 1 amide bonds. The lowest BCUT2D eigenvalue weighted by atomic mass is 9.95. The van der Waals surface area contributed by atoms with Crippen LogP contribution in [0.4, 0.5) is 13.2 Å². The highest BCUT2D eigenvalue weighted by atomic mass is 19.4. The number of alkyl halides is 3. The molecule has 1 heterocycles. The van der Waals surface area contributed by atoms with Gasteiger partial charge in [-0.25, -0.2) is 0 Å². The third-order valence-corrected chi connectivity index (χ3v) is 4.83. The maximum atomic E-state index is 12.7. The van der Waals surface area contributed by atoms with Gasteiger partial charge in [0.1, 0.15) is 6.54 Å². The van der Waals surface area contributed by atoms with E-state index in [1.807, 2.05) is 19.1 Å². The number of carbonyl (C=O) groups excluding carboxylic acids is 1. The molecule has 0 saturated carbocycles. The van der Waals surface area contributed by atoms with E-state index in [9.17, 15) is 18.0 Å². The molecular formula is C20H26F3N3O. The molecule has 0 aliphatic rings. The molecule has 0 aliphatic heterocycles. The number of aryl methyl sites for hydroxylation is 1. The topological polar surface area (TPSA) is 46.9 Å². The van der Waals surface area contributed by atoms with Crippen LogP contribution in [0.1, 0.15) is 68.1 Å². The monoisotopic (exact) mass is 381 g/mol. The van der Waals surface area contributed by atoms with Crippen LogP contribution in [0.5, 0.6) is 0 Å². The molecule has 7 heteroatoms. The molecule has 0 saturated heterocycles. The second-order valence-electron chi connectivity index (χ2n) is 6.83. The van der Waals surface area contributed by atoms with Crippen LogP contribution in [0.25, 0.3) is 0 Å². The number of hydrogen-bond donors (Lipinski definition) is 1. The molecular weight excluding hydrogens is 355 g/mol. The average Bonchev–Trinajstić information content (AvgIpc) is 3.00. The van der Waals surface area contributed by atoms with Gasteiger partial charge < -0.3 is 5.32 Å². The molecule has 2 aromatic rings. The van der Waals surface area contributed by atoms with Gasteiger partial charge in [0.25, 0.3) is 0 Å². The van der Waals surface area contributed by atoms with Crippen molar-refractivity contribution in [3.8, 4) is 0 Å². The fourth-order valence-electron chi connectivity index (χ4n) is 2.90. The Hall–Kier alpha value is -2.31. The van der Waals surface area contributed by atoms with E-state index < -0.39 is 11.9 Å². The molecule has 148 valence electrons. The maximum Gasteiger partial charge on any atom is 0.435 e. The molecule has 1 aromatic carbocycles. The van der Waals surface area contributed by atoms with Gasteiger partial charge in [0, 0.05) is 5.69 Å². The van der Waals surface area contributed by atoms with E-state index in [1.54, 1.807) is 0 Å². The van der Waals surface area contributed by atoms with Gasteiger partial charge in [0.05, 0.1) is 6.04 Å². The number of halogens is 3. The Kier molecular flexibility index (Phi) is 6.68. The van der Waals surface area contributed by atoms with Crippen molar-refractivity contribution in [2.75, 3.05) is 0 Å². The lowest BCUT2D eigenvalue weighted by molar-refractivity contribution is -0.141. The van der Waals surface area contributed by atoms with Crippen molar-refractivity contribution in [2.24, 2.45) is 0 Å². The number of benzene rings is 1. The third kappa shape index (κ3) is 5.34. The van der Waals surface area contributed by atoms with Crippen LogP contribution in [-0.2, 0) is 17.5 Å². The van der Waals surface area contributed by atoms with E-state index in [0.29, 0.717) is 18.0 Å². The number of amides is 1. The number of rotatable bonds is 7. The minimum absolute atomic E-state index is 0.193. The smallest absolute Gasteiger partial charge is 0.348 e. The van der Waals surface area contributed by atoms with Gasteiger partial charge in [-0.1, -0.05) is 45.0 Å². The largest absolute Gasteiger partial charge is 0.435 e. The number of nitrogens with one attached hydrogen (secondary N) is 1. The summed E-state index contributed by atoms with van der Waals surface area (Å²) in [5.74, 6) is 0.104. The first kappa shape index (κ1) is 21.0. The van der Waals surface area contributed by atoms with Crippen molar-refractivity contribution in [1.29, 1.82) is 0 Å². The summed E-state index contributed by atoms with van der Waals surface area (Å²) >= 11 is 0. The minimum Gasteiger partial charge on any atom is -0.348 e. The summed E-state index contributed by atoms with van der Waals surface area (Å²) in [5, 5.41) is 6.39. The Balaban J connectivity index is 2.06. The SMILES string of the molecule is CCC(C)c1ccc(C(CC)NC(=O)Cn2nc(C(F)(F)F)cc2C)cc1. The maximum absolute atomic E-state index is 12.7. The first-order valence-corrected chi connectivity index (χ1v) is 9.16. The second-order valence-corrected chi connectivity index (χ2v) is 6.83. The summed E-state index contributed by atoms with van der Waals surface area (Å²) in [6.07, 6.45) is -2.79. The lowest BCUT2D eigenvalue weighted by Crippen LogP contribution is -2.32. The van der Waals surface area contributed by atoms with Crippen LogP contribution in [0, 0.1) is 6.92 Å². The molecule has 2 atom stereocenters. The van der Waals surface area contributed by atoms with E-state index in [1.165, 1.54) is 12.5 Å². The lowest BCUT2D eigenvalue weighted by Gasteiger charge is -2.19. The normalized spacial score (nSPS) is 14.0. The molecule has 0 aliphatic carbocycles. The van der Waals surface area contributed by atoms with E-state index in [4.69, 9.17) is 0 Å². The summed E-state index contributed by atoms with van der Waals surface area (Å²) in [4.78, 5) is 12.3. The van der Waals surface area contributed by atoms with Crippen LogP contribution >= 0.6 is 0 Å². The molecule has 4 nitrogen and oxygen atoms in total. The third-order valence-electron chi connectivity index (χ3n) is 4.83. The standard InChI is InChI=1S/C20H26F3N3O/c1-5-13(3)15-7-9-16(10-8-15)17(6-2)24-19(27)12-26-14(4)11-18(25-26)20(21,22)23/h7-11,13,17H,5-6,12H2,1-4H3,(H,24,27). The molecule has 27 heavy (non-hydrogen) atoms. The summed E-state index contributed by atoms with van der Waals surface area (Å²) in [7, 11) is 0. The van der Waals surface area contributed by atoms with Crippen molar-refractivity contribution in [2.45, 2.75) is 65.2 Å². The van der Waals surface area contributed by atoms with Gasteiger partial charge in [-0.3, -0.25) is 9.48 Å². The predicted molar refractivity (Wildman–Crippen MR) is 98.3 cm³/mol. The van der Waals surface area contributed by atoms with Crippen molar-refractivity contribution >= 4 is 5.91 Å². The Morgan fingerprint density at radius 2 is 1.74 bits per heavy atom. The average molecular weight is 381 g/mol. The zero-order chi connectivity index (χ0) is 20.2. The van der Waals surface area contributed by atoms with Crippen molar-refractivity contribution in [3.05, 3.63) is 52.8 Å². The van der Waals surface area contributed by atoms with Gasteiger partial charge in [0.15, 0.2) is 5.69 Å². The number of hydrogen-bond acceptors (Lipinski definition) is 2. The van der Waals surface area contributed by atoms with Crippen molar-refractivity contribution in [3.63, 3.8) is 0 Å². The van der Waals surface area contributed by atoms with Gasteiger partial charge in [-0.15, -0.1) is 0 Å². The van der Waals surface area contributed by atoms with Gasteiger partial charge in [-0.05, 0) is 42.9 Å². The summed E-state index contributed by atoms with van der Waals surface area (Å²) in [6, 6.07) is 8.87. The second kappa shape index (κ2) is 8.59. The molecule has 1 aromatic heterocycles. The van der Waals surface area contributed by atoms with Gasteiger partial charge in [-0.2, -0.15) is 18.3 Å². The Morgan fingerprint density at radius 1 is 1.15 bits per heavy atom. The molecule has 0 bridgehead atoms. The molecule has 0 spiro atoms. The zero-order valence-corrected chi connectivity index (χ0v) is 16.1. The van der Waals surface area contributed by atoms with Crippen LogP contribution < -0.4 is 5.32 Å². The van der Waals surface area contributed by atoms with E-state index in [-0.39, 0.29) is 18.5 Å². The zero-order valence-electron chi connectivity index (χ0n) is 16.1. The summed E-state index contributed by atoms with van der Waals surface area (Å²) in [6.45, 7) is 7.50. The molecule has 0 fully saturated rings. The van der Waals surface area contributed by atoms with Crippen LogP contribution in [0.2, 0.25) is 0 Å². The molecule has 2 unspecified atom stereocenters. The van der Waals surface area contributed by atoms with Crippen LogP contribution in [0.15, 0.2) is 30.3 Å². The quantitative estimate of drug-likeness (QED) is 0.734. The fourth-order valence-corrected chi connectivity index (χ4v) is 2.90. The first-order valence-electron chi connectivity index (χ1n) is 9.16. The first-order chi connectivity index (χ1) is 12.7. The van der Waals surface area contributed by atoms with E-state index >= 15 is 0 Å². The summed E-state index contributed by atoms with van der Waals surface area (Å²) in [5.41, 5.74) is 1.53. The highest BCUT2D eigenvalue weighted by molar-refractivity contribution is 5.76. The molecule has 1 N–H and O–H groups in total. The number of nitrogens with zero attached hydrogens (tertiary/aromatic N) is 2. The fraction of sp³-hybridized carbons (Fsp3) is 0.500. The van der Waals surface area contributed by atoms with Crippen LogP contribution in [-0.4, -0.2) is 15.7 Å². The minimum atomic E-state index is -4.52. The van der Waals surface area contributed by atoms with E-state index in [2.05, 4.69) is 36.4 Å². The number of carbonyl (C=O) groups is 1. The van der Waals surface area contributed by atoms with Crippen LogP contribution in [0.3, 0.4) is 0 Å². The van der Waals surface area contributed by atoms with Gasteiger partial charge >= 0.3 is 6.18 Å². The highest BCUT2D eigenvalue weighted by Gasteiger charge is 2.34. The summed E-state index contributed by atoms with van der Waals surface area (Å²) < 4.78 is 39.3.